The van der Waals surface area contributed by atoms with Crippen molar-refractivity contribution < 1.29 is 0 Å². The zero-order valence-corrected chi connectivity index (χ0v) is 14.3. The Morgan fingerprint density at radius 1 is 0.957 bits per heavy atom. The van der Waals surface area contributed by atoms with Gasteiger partial charge in [0.2, 0.25) is 0 Å². The molecule has 0 radical (unpaired) electrons. The van der Waals surface area contributed by atoms with E-state index in [4.69, 9.17) is 10.1 Å². The molecule has 3 nitrogen and oxygen atoms in total. The van der Waals surface area contributed by atoms with Crippen LogP contribution in [0.5, 0.6) is 0 Å². The fraction of sp³-hybridized carbons (Fsp3) is 0.300. The molecule has 1 aromatic heterocycles. The molecular weight excluding hydrogens is 282 g/mol. The van der Waals surface area contributed by atoms with E-state index in [-0.39, 0.29) is 0 Å². The van der Waals surface area contributed by atoms with Crippen LogP contribution in [-0.4, -0.2) is 14.8 Å². The fourth-order valence-corrected chi connectivity index (χ4v) is 3.12. The van der Waals surface area contributed by atoms with Gasteiger partial charge in [-0.25, -0.2) is 9.67 Å². The van der Waals surface area contributed by atoms with Crippen molar-refractivity contribution in [3.63, 3.8) is 0 Å². The molecule has 118 valence electrons. The van der Waals surface area contributed by atoms with Crippen molar-refractivity contribution in [2.75, 3.05) is 0 Å². The predicted molar refractivity (Wildman–Crippen MR) is 95.0 cm³/mol. The molecule has 0 saturated heterocycles. The van der Waals surface area contributed by atoms with E-state index in [2.05, 4.69) is 52.0 Å². The quantitative estimate of drug-likeness (QED) is 0.692. The maximum Gasteiger partial charge on any atom is 0.181 e. The molecule has 0 unspecified atom stereocenters. The van der Waals surface area contributed by atoms with Gasteiger partial charge in [0.25, 0.3) is 0 Å². The van der Waals surface area contributed by atoms with Crippen LogP contribution in [0, 0.1) is 20.8 Å². The molecule has 0 aliphatic carbocycles. The summed E-state index contributed by atoms with van der Waals surface area (Å²) in [5, 5.41) is 4.83. The predicted octanol–water partition coefficient (Wildman–Crippen LogP) is 4.81. The van der Waals surface area contributed by atoms with Crippen molar-refractivity contribution in [2.45, 2.75) is 40.5 Å². The average Bonchev–Trinajstić information content (AvgIpc) is 2.91. The lowest BCUT2D eigenvalue weighted by Gasteiger charge is -2.13. The SMILES string of the molecule is CCCc1nc(-c2ccccc2)nn1-c1c(C)cc(C)cc1C. The lowest BCUT2D eigenvalue weighted by atomic mass is 10.1. The molecule has 0 fully saturated rings. The average molecular weight is 305 g/mol. The minimum absolute atomic E-state index is 0.799. The molecule has 1 heterocycles. The van der Waals surface area contributed by atoms with E-state index in [1.807, 2.05) is 22.9 Å². The topological polar surface area (TPSA) is 30.7 Å². The first kappa shape index (κ1) is 15.5. The van der Waals surface area contributed by atoms with Gasteiger partial charge in [-0.3, -0.25) is 0 Å². The smallest absolute Gasteiger partial charge is 0.181 e. The minimum Gasteiger partial charge on any atom is -0.217 e. The lowest BCUT2D eigenvalue weighted by Crippen LogP contribution is -2.07. The van der Waals surface area contributed by atoms with Gasteiger partial charge >= 0.3 is 0 Å². The van der Waals surface area contributed by atoms with Crippen LogP contribution in [0.2, 0.25) is 0 Å². The number of benzene rings is 2. The molecule has 0 saturated carbocycles. The Morgan fingerprint density at radius 2 is 1.61 bits per heavy atom. The highest BCUT2D eigenvalue weighted by Gasteiger charge is 2.15. The molecule has 3 rings (SSSR count). The van der Waals surface area contributed by atoms with Gasteiger partial charge in [-0.2, -0.15) is 0 Å². The van der Waals surface area contributed by atoms with Crippen LogP contribution < -0.4 is 0 Å². The normalized spacial score (nSPS) is 11.0. The third-order valence-electron chi connectivity index (χ3n) is 4.03. The molecule has 0 aliphatic rings. The van der Waals surface area contributed by atoms with E-state index in [1.165, 1.54) is 16.7 Å². The minimum atomic E-state index is 0.799. The summed E-state index contributed by atoms with van der Waals surface area (Å²) in [5.74, 6) is 1.83. The van der Waals surface area contributed by atoms with Gasteiger partial charge in [0.05, 0.1) is 5.69 Å². The Bertz CT molecular complexity index is 793. The van der Waals surface area contributed by atoms with E-state index >= 15 is 0 Å². The van der Waals surface area contributed by atoms with Gasteiger partial charge in [0.15, 0.2) is 5.82 Å². The van der Waals surface area contributed by atoms with Crippen molar-refractivity contribution in [3.05, 3.63) is 65.0 Å². The zero-order chi connectivity index (χ0) is 16.4. The molecule has 0 amide bonds. The van der Waals surface area contributed by atoms with Crippen LogP contribution in [0.4, 0.5) is 0 Å². The second-order valence-corrected chi connectivity index (χ2v) is 6.13. The number of nitrogens with zero attached hydrogens (tertiary/aromatic N) is 3. The van der Waals surface area contributed by atoms with Gasteiger partial charge < -0.3 is 0 Å². The molecule has 0 N–H and O–H groups in total. The second kappa shape index (κ2) is 6.37. The van der Waals surface area contributed by atoms with Gasteiger partial charge in [-0.05, 0) is 38.3 Å². The summed E-state index contributed by atoms with van der Waals surface area (Å²) in [6, 6.07) is 14.6. The third kappa shape index (κ3) is 3.04. The van der Waals surface area contributed by atoms with Gasteiger partial charge in [0.1, 0.15) is 5.82 Å². The fourth-order valence-electron chi connectivity index (χ4n) is 3.12. The van der Waals surface area contributed by atoms with Crippen LogP contribution in [-0.2, 0) is 6.42 Å². The summed E-state index contributed by atoms with van der Waals surface area (Å²) in [4.78, 5) is 4.80. The van der Waals surface area contributed by atoms with Crippen LogP contribution in [0.3, 0.4) is 0 Å². The standard InChI is InChI=1S/C20H23N3/c1-5-9-18-21-20(17-10-7-6-8-11-17)22-23(18)19-15(3)12-14(2)13-16(19)4/h6-8,10-13H,5,9H2,1-4H3. The summed E-state index contributed by atoms with van der Waals surface area (Å²) in [7, 11) is 0. The highest BCUT2D eigenvalue weighted by Crippen LogP contribution is 2.24. The van der Waals surface area contributed by atoms with E-state index in [0.29, 0.717) is 0 Å². The number of aromatic nitrogens is 3. The maximum absolute atomic E-state index is 4.83. The van der Waals surface area contributed by atoms with Crippen LogP contribution in [0.25, 0.3) is 17.1 Å². The third-order valence-corrected chi connectivity index (χ3v) is 4.03. The van der Waals surface area contributed by atoms with Gasteiger partial charge in [-0.1, -0.05) is 55.0 Å². The molecule has 0 bridgehead atoms. The van der Waals surface area contributed by atoms with E-state index in [0.717, 1.165) is 35.7 Å². The molecule has 3 heteroatoms. The van der Waals surface area contributed by atoms with Crippen molar-refractivity contribution in [3.8, 4) is 17.1 Å². The molecule has 23 heavy (non-hydrogen) atoms. The highest BCUT2D eigenvalue weighted by molar-refractivity contribution is 5.56. The number of hydrogen-bond donors (Lipinski definition) is 0. The summed E-state index contributed by atoms with van der Waals surface area (Å²) in [6.45, 7) is 8.60. The van der Waals surface area contributed by atoms with E-state index in [9.17, 15) is 0 Å². The molecular formula is C20H23N3. The first-order valence-electron chi connectivity index (χ1n) is 8.19. The molecule has 3 aromatic rings. The highest BCUT2D eigenvalue weighted by atomic mass is 15.4. The molecule has 0 spiro atoms. The number of hydrogen-bond acceptors (Lipinski definition) is 2. The Balaban J connectivity index is 2.17. The van der Waals surface area contributed by atoms with Crippen LogP contribution in [0.1, 0.15) is 35.9 Å². The monoisotopic (exact) mass is 305 g/mol. The van der Waals surface area contributed by atoms with Crippen molar-refractivity contribution >= 4 is 0 Å². The lowest BCUT2D eigenvalue weighted by molar-refractivity contribution is 0.752. The van der Waals surface area contributed by atoms with E-state index < -0.39 is 0 Å². The van der Waals surface area contributed by atoms with Gasteiger partial charge in [-0.15, -0.1) is 5.10 Å². The molecule has 0 aliphatic heterocycles. The Morgan fingerprint density at radius 3 is 2.22 bits per heavy atom. The first-order valence-corrected chi connectivity index (χ1v) is 8.19. The van der Waals surface area contributed by atoms with Crippen LogP contribution >= 0.6 is 0 Å². The second-order valence-electron chi connectivity index (χ2n) is 6.13. The molecule has 2 aromatic carbocycles. The summed E-state index contributed by atoms with van der Waals surface area (Å²) in [5.41, 5.74) is 5.98. The first-order chi connectivity index (χ1) is 11.1. The molecule has 0 atom stereocenters. The van der Waals surface area contributed by atoms with Crippen molar-refractivity contribution in [2.24, 2.45) is 0 Å². The van der Waals surface area contributed by atoms with Crippen molar-refractivity contribution in [1.82, 2.24) is 14.8 Å². The van der Waals surface area contributed by atoms with Gasteiger partial charge in [0, 0.05) is 12.0 Å². The maximum atomic E-state index is 4.83. The number of rotatable bonds is 4. The van der Waals surface area contributed by atoms with E-state index in [1.54, 1.807) is 0 Å². The Labute approximate surface area is 138 Å². The summed E-state index contributed by atoms with van der Waals surface area (Å²) < 4.78 is 2.04. The summed E-state index contributed by atoms with van der Waals surface area (Å²) in [6.07, 6.45) is 1.98. The Kier molecular flexibility index (Phi) is 4.28. The zero-order valence-electron chi connectivity index (χ0n) is 14.3. The summed E-state index contributed by atoms with van der Waals surface area (Å²) >= 11 is 0. The number of aryl methyl sites for hydroxylation is 4. The van der Waals surface area contributed by atoms with Crippen LogP contribution in [0.15, 0.2) is 42.5 Å². The van der Waals surface area contributed by atoms with Crippen molar-refractivity contribution in [1.29, 1.82) is 0 Å². The Hall–Kier alpha value is -2.42. The largest absolute Gasteiger partial charge is 0.217 e.